The van der Waals surface area contributed by atoms with Crippen molar-refractivity contribution >= 4 is 0 Å². The van der Waals surface area contributed by atoms with Crippen molar-refractivity contribution in [3.63, 3.8) is 0 Å². The Morgan fingerprint density at radius 3 is 2.58 bits per heavy atom. The van der Waals surface area contributed by atoms with Gasteiger partial charge in [-0.3, -0.25) is 0 Å². The number of aliphatic hydroxyl groups is 3. The summed E-state index contributed by atoms with van der Waals surface area (Å²) in [5.74, 6) is 0.447. The average molecular weight is 367 g/mol. The Kier molecular flexibility index (Phi) is 12.2. The Bertz CT molecular complexity index is 400. The summed E-state index contributed by atoms with van der Waals surface area (Å²) in [7, 11) is 0. The molecule has 1 aliphatic rings. The van der Waals surface area contributed by atoms with Crippen LogP contribution in [0.15, 0.2) is 24.3 Å². The lowest BCUT2D eigenvalue weighted by atomic mass is 9.91. The maximum atomic E-state index is 9.34. The molecule has 0 aromatic carbocycles. The molecule has 0 bridgehead atoms. The third kappa shape index (κ3) is 10.5. The second-order valence-electron chi connectivity index (χ2n) is 8.35. The van der Waals surface area contributed by atoms with Crippen molar-refractivity contribution in [2.75, 3.05) is 6.61 Å². The van der Waals surface area contributed by atoms with Crippen molar-refractivity contribution in [1.82, 2.24) is 0 Å². The highest BCUT2D eigenvalue weighted by molar-refractivity contribution is 4.98. The first-order chi connectivity index (χ1) is 12.5. The standard InChI is InChI=1S/C23H42O3/c1-3-4-12-20(2)13-8-9-15-22-17-11-16-21(22)14-7-5-6-10-18-23(25,26)19-24/h5,7,9,15,20-22,24-26H,3-4,6,8,10-14,16-19H2,1-2H3/b7-5-,15-9+/t20?,21-,22-/m0/s1. The third-order valence-corrected chi connectivity index (χ3v) is 5.78. The molecule has 0 aromatic rings. The molecule has 3 atom stereocenters. The van der Waals surface area contributed by atoms with E-state index in [0.717, 1.165) is 30.6 Å². The van der Waals surface area contributed by atoms with E-state index >= 15 is 0 Å². The van der Waals surface area contributed by atoms with Crippen LogP contribution in [0.1, 0.15) is 90.9 Å². The van der Waals surface area contributed by atoms with Crippen LogP contribution < -0.4 is 0 Å². The molecule has 3 heteroatoms. The molecule has 1 fully saturated rings. The minimum atomic E-state index is -1.91. The molecule has 0 aliphatic heterocycles. The molecular weight excluding hydrogens is 324 g/mol. The van der Waals surface area contributed by atoms with Crippen LogP contribution in [0.25, 0.3) is 0 Å². The molecule has 0 spiro atoms. The van der Waals surface area contributed by atoms with Gasteiger partial charge in [0.1, 0.15) is 0 Å². The minimum Gasteiger partial charge on any atom is -0.391 e. The van der Waals surface area contributed by atoms with E-state index in [1.165, 1.54) is 51.4 Å². The summed E-state index contributed by atoms with van der Waals surface area (Å²) in [6.07, 6.45) is 22.8. The van der Waals surface area contributed by atoms with Crippen molar-refractivity contribution in [2.24, 2.45) is 17.8 Å². The maximum absolute atomic E-state index is 9.34. The Hall–Kier alpha value is -0.640. The number of unbranched alkanes of at least 4 members (excludes halogenated alkanes) is 2. The number of hydrogen-bond donors (Lipinski definition) is 3. The number of aliphatic hydroxyl groups excluding tert-OH is 1. The maximum Gasteiger partial charge on any atom is 0.186 e. The zero-order chi connectivity index (χ0) is 19.3. The third-order valence-electron chi connectivity index (χ3n) is 5.78. The van der Waals surface area contributed by atoms with Gasteiger partial charge in [0.25, 0.3) is 0 Å². The van der Waals surface area contributed by atoms with Gasteiger partial charge in [-0.1, -0.05) is 63.8 Å². The lowest BCUT2D eigenvalue weighted by Crippen LogP contribution is -2.32. The average Bonchev–Trinajstić information content (AvgIpc) is 3.07. The summed E-state index contributed by atoms with van der Waals surface area (Å²) in [4.78, 5) is 0. The molecule has 0 heterocycles. The van der Waals surface area contributed by atoms with Crippen molar-refractivity contribution in [3.8, 4) is 0 Å². The van der Waals surface area contributed by atoms with Gasteiger partial charge in [-0.2, -0.15) is 0 Å². The van der Waals surface area contributed by atoms with Crippen LogP contribution in [0.3, 0.4) is 0 Å². The molecule has 0 saturated heterocycles. The van der Waals surface area contributed by atoms with E-state index in [1.54, 1.807) is 0 Å². The Morgan fingerprint density at radius 1 is 1.04 bits per heavy atom. The van der Waals surface area contributed by atoms with E-state index in [2.05, 4.69) is 38.2 Å². The smallest absolute Gasteiger partial charge is 0.186 e. The topological polar surface area (TPSA) is 60.7 Å². The highest BCUT2D eigenvalue weighted by Gasteiger charge is 2.23. The first-order valence-electron chi connectivity index (χ1n) is 10.9. The van der Waals surface area contributed by atoms with Crippen LogP contribution in [0.5, 0.6) is 0 Å². The normalized spacial score (nSPS) is 22.7. The van der Waals surface area contributed by atoms with Crippen LogP contribution in [-0.2, 0) is 0 Å². The summed E-state index contributed by atoms with van der Waals surface area (Å²) in [5.41, 5.74) is 0. The summed E-state index contributed by atoms with van der Waals surface area (Å²) in [5, 5.41) is 27.5. The van der Waals surface area contributed by atoms with E-state index in [0.29, 0.717) is 6.42 Å². The van der Waals surface area contributed by atoms with Gasteiger partial charge in [-0.15, -0.1) is 0 Å². The van der Waals surface area contributed by atoms with Gasteiger partial charge in [0, 0.05) is 6.42 Å². The first kappa shape index (κ1) is 23.4. The molecule has 1 rings (SSSR count). The van der Waals surface area contributed by atoms with Gasteiger partial charge in [0.05, 0.1) is 6.61 Å². The largest absolute Gasteiger partial charge is 0.391 e. The van der Waals surface area contributed by atoms with Crippen LogP contribution in [0.4, 0.5) is 0 Å². The van der Waals surface area contributed by atoms with Crippen molar-refractivity contribution in [1.29, 1.82) is 0 Å². The highest BCUT2D eigenvalue weighted by Crippen LogP contribution is 2.35. The van der Waals surface area contributed by atoms with Crippen LogP contribution in [0, 0.1) is 17.8 Å². The highest BCUT2D eigenvalue weighted by atomic mass is 16.5. The molecule has 0 amide bonds. The van der Waals surface area contributed by atoms with Crippen LogP contribution in [0.2, 0.25) is 0 Å². The Labute approximate surface area is 161 Å². The second-order valence-corrected chi connectivity index (χ2v) is 8.35. The molecule has 3 N–H and O–H groups in total. The van der Waals surface area contributed by atoms with E-state index < -0.39 is 12.4 Å². The van der Waals surface area contributed by atoms with Crippen molar-refractivity contribution in [3.05, 3.63) is 24.3 Å². The Balaban J connectivity index is 2.20. The summed E-state index contributed by atoms with van der Waals surface area (Å²) in [6.45, 7) is 4.05. The molecule has 152 valence electrons. The van der Waals surface area contributed by atoms with E-state index in [9.17, 15) is 10.2 Å². The zero-order valence-corrected chi connectivity index (χ0v) is 17.1. The summed E-state index contributed by atoms with van der Waals surface area (Å²) < 4.78 is 0. The molecule has 26 heavy (non-hydrogen) atoms. The van der Waals surface area contributed by atoms with Gasteiger partial charge in [-0.05, 0) is 62.7 Å². The molecule has 1 unspecified atom stereocenters. The predicted molar refractivity (Wildman–Crippen MR) is 110 cm³/mol. The van der Waals surface area contributed by atoms with E-state index in [-0.39, 0.29) is 6.42 Å². The lowest BCUT2D eigenvalue weighted by molar-refractivity contribution is -0.191. The molecular formula is C23H42O3. The van der Waals surface area contributed by atoms with Gasteiger partial charge >= 0.3 is 0 Å². The fourth-order valence-electron chi connectivity index (χ4n) is 3.93. The minimum absolute atomic E-state index is 0.222. The van der Waals surface area contributed by atoms with Crippen molar-refractivity contribution < 1.29 is 15.3 Å². The monoisotopic (exact) mass is 366 g/mol. The SMILES string of the molecule is CCCCC(C)CC/C=C/[C@H]1CCC[C@@H]1C/C=C\CCCC(O)(O)CO. The number of allylic oxidation sites excluding steroid dienone is 4. The predicted octanol–water partition coefficient (Wildman–Crippen LogP) is 5.36. The van der Waals surface area contributed by atoms with Gasteiger partial charge in [0.15, 0.2) is 5.79 Å². The van der Waals surface area contributed by atoms with Gasteiger partial charge in [-0.25, -0.2) is 0 Å². The Morgan fingerprint density at radius 2 is 1.85 bits per heavy atom. The molecule has 0 aromatic heterocycles. The van der Waals surface area contributed by atoms with Crippen LogP contribution >= 0.6 is 0 Å². The fraction of sp³-hybridized carbons (Fsp3) is 0.826. The lowest BCUT2D eigenvalue weighted by Gasteiger charge is -2.17. The fourth-order valence-corrected chi connectivity index (χ4v) is 3.93. The molecule has 3 nitrogen and oxygen atoms in total. The molecule has 0 radical (unpaired) electrons. The number of hydrogen-bond acceptors (Lipinski definition) is 3. The number of rotatable bonds is 14. The molecule has 1 saturated carbocycles. The van der Waals surface area contributed by atoms with E-state index in [1.807, 2.05) is 0 Å². The molecule has 1 aliphatic carbocycles. The second kappa shape index (κ2) is 13.5. The first-order valence-corrected chi connectivity index (χ1v) is 10.9. The van der Waals surface area contributed by atoms with Crippen LogP contribution in [-0.4, -0.2) is 27.7 Å². The van der Waals surface area contributed by atoms with E-state index in [4.69, 9.17) is 5.11 Å². The summed E-state index contributed by atoms with van der Waals surface area (Å²) >= 11 is 0. The zero-order valence-electron chi connectivity index (χ0n) is 17.1. The van der Waals surface area contributed by atoms with Gasteiger partial charge < -0.3 is 15.3 Å². The quantitative estimate of drug-likeness (QED) is 0.220. The summed E-state index contributed by atoms with van der Waals surface area (Å²) in [6, 6.07) is 0. The van der Waals surface area contributed by atoms with Crippen molar-refractivity contribution in [2.45, 2.75) is 96.7 Å². The van der Waals surface area contributed by atoms with Gasteiger partial charge in [0.2, 0.25) is 0 Å².